The van der Waals surface area contributed by atoms with Crippen LogP contribution in [-0.2, 0) is 7.05 Å². The van der Waals surface area contributed by atoms with Crippen LogP contribution in [0.1, 0.15) is 12.8 Å². The van der Waals surface area contributed by atoms with Crippen molar-refractivity contribution in [1.82, 2.24) is 9.55 Å². The molecular weight excluding hydrogens is 315 g/mol. The van der Waals surface area contributed by atoms with Gasteiger partial charge in [0.15, 0.2) is 0 Å². The molecule has 0 saturated heterocycles. The number of pyridine rings is 1. The van der Waals surface area contributed by atoms with Crippen molar-refractivity contribution in [2.45, 2.75) is 12.8 Å². The van der Waals surface area contributed by atoms with Crippen molar-refractivity contribution in [3.05, 3.63) is 53.6 Å². The molecule has 3 N–H and O–H groups in total. The van der Waals surface area contributed by atoms with Crippen molar-refractivity contribution in [3.63, 3.8) is 0 Å². The normalized spacial score (nSPS) is 12.7. The number of hydrogen-bond acceptors (Lipinski definition) is 2. The molecule has 0 aliphatic carbocycles. The maximum Gasteiger partial charge on any atom is 0.124 e. The van der Waals surface area contributed by atoms with Crippen molar-refractivity contribution in [1.29, 1.82) is 0 Å². The fourth-order valence-electron chi connectivity index (χ4n) is 3.48. The molecule has 0 unspecified atom stereocenters. The van der Waals surface area contributed by atoms with Crippen molar-refractivity contribution in [2.75, 3.05) is 13.1 Å². The number of rotatable bonds is 4. The van der Waals surface area contributed by atoms with Crippen LogP contribution in [0.25, 0.3) is 32.8 Å². The lowest BCUT2D eigenvalue weighted by atomic mass is 10.1. The molecule has 0 saturated carbocycles. The SMILES string of the molecule is Cn1c2ccc(F)cc2c(=NCCCCN)c2c3ccccc3[nH]c21. The first kappa shape index (κ1) is 15.8. The van der Waals surface area contributed by atoms with E-state index in [9.17, 15) is 4.39 Å². The first-order valence-corrected chi connectivity index (χ1v) is 8.60. The average molecular weight is 336 g/mol. The predicted molar refractivity (Wildman–Crippen MR) is 101 cm³/mol. The molecule has 0 aliphatic heterocycles. The highest BCUT2D eigenvalue weighted by atomic mass is 19.1. The smallest absolute Gasteiger partial charge is 0.124 e. The molecule has 4 rings (SSSR count). The molecular formula is C20H21FN4. The quantitative estimate of drug-likeness (QED) is 0.550. The van der Waals surface area contributed by atoms with E-state index in [1.54, 1.807) is 6.07 Å². The van der Waals surface area contributed by atoms with Crippen LogP contribution < -0.4 is 11.1 Å². The number of aryl methyl sites for hydroxylation is 1. The Kier molecular flexibility index (Phi) is 4.01. The largest absolute Gasteiger partial charge is 0.341 e. The van der Waals surface area contributed by atoms with E-state index in [1.807, 2.05) is 25.2 Å². The molecule has 2 heterocycles. The van der Waals surface area contributed by atoms with E-state index in [2.05, 4.69) is 21.7 Å². The highest BCUT2D eigenvalue weighted by Gasteiger charge is 2.13. The number of para-hydroxylation sites is 1. The van der Waals surface area contributed by atoms with Crippen LogP contribution >= 0.6 is 0 Å². The monoisotopic (exact) mass is 336 g/mol. The second kappa shape index (κ2) is 6.33. The van der Waals surface area contributed by atoms with Gasteiger partial charge in [0.2, 0.25) is 0 Å². The number of fused-ring (bicyclic) bond motifs is 4. The minimum atomic E-state index is -0.245. The zero-order valence-corrected chi connectivity index (χ0v) is 14.2. The fourth-order valence-corrected chi connectivity index (χ4v) is 3.48. The Labute approximate surface area is 144 Å². The van der Waals surface area contributed by atoms with E-state index >= 15 is 0 Å². The third-order valence-electron chi connectivity index (χ3n) is 4.72. The van der Waals surface area contributed by atoms with Gasteiger partial charge in [-0.05, 0) is 43.7 Å². The van der Waals surface area contributed by atoms with Crippen LogP contribution in [0, 0.1) is 5.82 Å². The Morgan fingerprint density at radius 3 is 2.80 bits per heavy atom. The summed E-state index contributed by atoms with van der Waals surface area (Å²) in [5.74, 6) is -0.245. The first-order chi connectivity index (χ1) is 12.2. The van der Waals surface area contributed by atoms with E-state index in [-0.39, 0.29) is 5.82 Å². The first-order valence-electron chi connectivity index (χ1n) is 8.60. The van der Waals surface area contributed by atoms with Gasteiger partial charge in [-0.2, -0.15) is 0 Å². The number of halogens is 1. The summed E-state index contributed by atoms with van der Waals surface area (Å²) < 4.78 is 16.0. The van der Waals surface area contributed by atoms with Gasteiger partial charge in [-0.15, -0.1) is 0 Å². The van der Waals surface area contributed by atoms with Gasteiger partial charge in [0.05, 0.1) is 16.3 Å². The Bertz CT molecular complexity index is 1140. The Morgan fingerprint density at radius 1 is 1.12 bits per heavy atom. The van der Waals surface area contributed by atoms with Crippen LogP contribution in [0.4, 0.5) is 4.39 Å². The van der Waals surface area contributed by atoms with Gasteiger partial charge in [0, 0.05) is 29.9 Å². The number of benzene rings is 2. The van der Waals surface area contributed by atoms with Gasteiger partial charge in [0.1, 0.15) is 11.5 Å². The zero-order chi connectivity index (χ0) is 17.4. The molecule has 4 nitrogen and oxygen atoms in total. The number of aromatic amines is 1. The molecule has 2 aromatic carbocycles. The van der Waals surface area contributed by atoms with Gasteiger partial charge in [-0.1, -0.05) is 18.2 Å². The third-order valence-corrected chi connectivity index (χ3v) is 4.72. The molecule has 0 spiro atoms. The van der Waals surface area contributed by atoms with Crippen LogP contribution in [0.5, 0.6) is 0 Å². The number of unbranched alkanes of at least 4 members (excludes halogenated alkanes) is 1. The van der Waals surface area contributed by atoms with Crippen molar-refractivity contribution in [2.24, 2.45) is 17.8 Å². The average Bonchev–Trinajstić information content (AvgIpc) is 3.01. The van der Waals surface area contributed by atoms with Crippen molar-refractivity contribution >= 4 is 32.8 Å². The molecule has 0 aliphatic rings. The summed E-state index contributed by atoms with van der Waals surface area (Å²) in [6, 6.07) is 13.1. The number of H-pyrrole nitrogens is 1. The fraction of sp³-hybridized carbons (Fsp3) is 0.250. The van der Waals surface area contributed by atoms with Crippen molar-refractivity contribution in [3.8, 4) is 0 Å². The summed E-state index contributed by atoms with van der Waals surface area (Å²) in [5.41, 5.74) is 8.60. The summed E-state index contributed by atoms with van der Waals surface area (Å²) in [7, 11) is 2.00. The van der Waals surface area contributed by atoms with Crippen molar-refractivity contribution < 1.29 is 4.39 Å². The second-order valence-corrected chi connectivity index (χ2v) is 6.34. The Balaban J connectivity index is 2.15. The van der Waals surface area contributed by atoms with Crippen LogP contribution in [0.3, 0.4) is 0 Å². The van der Waals surface area contributed by atoms with Crippen LogP contribution in [0.15, 0.2) is 47.5 Å². The van der Waals surface area contributed by atoms with E-state index in [1.165, 1.54) is 6.07 Å². The topological polar surface area (TPSA) is 59.1 Å². The molecule has 0 radical (unpaired) electrons. The number of nitrogens with zero attached hydrogens (tertiary/aromatic N) is 2. The lowest BCUT2D eigenvalue weighted by molar-refractivity contribution is 0.629. The lowest BCUT2D eigenvalue weighted by Gasteiger charge is -2.09. The van der Waals surface area contributed by atoms with Crippen LogP contribution in [-0.4, -0.2) is 22.6 Å². The summed E-state index contributed by atoms with van der Waals surface area (Å²) in [4.78, 5) is 8.33. The highest BCUT2D eigenvalue weighted by molar-refractivity contribution is 6.09. The third kappa shape index (κ3) is 2.61. The molecule has 5 heteroatoms. The zero-order valence-electron chi connectivity index (χ0n) is 14.2. The maximum atomic E-state index is 14.0. The van der Waals surface area contributed by atoms with E-state index in [0.29, 0.717) is 13.1 Å². The lowest BCUT2D eigenvalue weighted by Crippen LogP contribution is -2.12. The molecule has 2 aromatic heterocycles. The van der Waals surface area contributed by atoms with E-state index < -0.39 is 0 Å². The summed E-state index contributed by atoms with van der Waals surface area (Å²) in [6.45, 7) is 1.35. The molecule has 0 fully saturated rings. The van der Waals surface area contributed by atoms with E-state index in [0.717, 1.165) is 51.0 Å². The minimum Gasteiger partial charge on any atom is -0.341 e. The minimum absolute atomic E-state index is 0.245. The maximum absolute atomic E-state index is 14.0. The molecule has 0 amide bonds. The highest BCUT2D eigenvalue weighted by Crippen LogP contribution is 2.25. The van der Waals surface area contributed by atoms with Crippen LogP contribution in [0.2, 0.25) is 0 Å². The summed E-state index contributed by atoms with van der Waals surface area (Å²) in [5, 5.41) is 3.85. The van der Waals surface area contributed by atoms with Gasteiger partial charge < -0.3 is 15.3 Å². The molecule has 0 bridgehead atoms. The standard InChI is InChI=1S/C20H21FN4/c1-25-17-9-8-13(21)12-15(17)19(23-11-5-4-10-22)18-14-6-2-3-7-16(14)24-20(18)25/h2-3,6-9,12,24H,4-5,10-11,22H2,1H3. The number of nitrogens with one attached hydrogen (secondary N) is 1. The van der Waals surface area contributed by atoms with Gasteiger partial charge in [0.25, 0.3) is 0 Å². The Morgan fingerprint density at radius 2 is 1.96 bits per heavy atom. The molecule has 25 heavy (non-hydrogen) atoms. The molecule has 128 valence electrons. The molecule has 4 aromatic rings. The predicted octanol–water partition coefficient (Wildman–Crippen LogP) is 3.59. The Hall–Kier alpha value is -2.66. The number of aromatic nitrogens is 2. The molecule has 0 atom stereocenters. The van der Waals surface area contributed by atoms with Gasteiger partial charge in [-0.25, -0.2) is 4.39 Å². The van der Waals surface area contributed by atoms with Gasteiger partial charge in [-0.3, -0.25) is 4.99 Å². The van der Waals surface area contributed by atoms with E-state index in [4.69, 9.17) is 10.7 Å². The summed E-state index contributed by atoms with van der Waals surface area (Å²) in [6.07, 6.45) is 1.87. The number of hydrogen-bond donors (Lipinski definition) is 2. The number of nitrogens with two attached hydrogens (primary N) is 1. The van der Waals surface area contributed by atoms with Gasteiger partial charge >= 0.3 is 0 Å². The summed E-state index contributed by atoms with van der Waals surface area (Å²) >= 11 is 0. The second-order valence-electron chi connectivity index (χ2n) is 6.34.